The van der Waals surface area contributed by atoms with E-state index in [0.717, 1.165) is 17.0 Å². The highest BCUT2D eigenvalue weighted by molar-refractivity contribution is 5.95. The average molecular weight is 546 g/mol. The lowest BCUT2D eigenvalue weighted by Gasteiger charge is -2.18. The number of rotatable bonds is 11. The van der Waals surface area contributed by atoms with Gasteiger partial charge in [-0.2, -0.15) is 5.10 Å². The van der Waals surface area contributed by atoms with E-state index in [1.165, 1.54) is 54.2 Å². The first-order valence-electron chi connectivity index (χ1n) is 12.2. The fraction of sp³-hybridized carbons (Fsp3) is 0.321. The normalized spacial score (nSPS) is 13.2. The van der Waals surface area contributed by atoms with Crippen LogP contribution in [-0.4, -0.2) is 61.1 Å². The molecule has 39 heavy (non-hydrogen) atoms. The molecule has 208 valence electrons. The van der Waals surface area contributed by atoms with E-state index in [1.54, 1.807) is 0 Å². The minimum Gasteiger partial charge on any atom is -0.481 e. The molecule has 0 fully saturated rings. The number of amides is 1. The highest BCUT2D eigenvalue weighted by Gasteiger charge is 2.28. The molecule has 1 amide bonds. The molecule has 0 saturated heterocycles. The Morgan fingerprint density at radius 2 is 1.67 bits per heavy atom. The summed E-state index contributed by atoms with van der Waals surface area (Å²) in [5.41, 5.74) is 0.950. The largest absolute Gasteiger partial charge is 0.481 e. The van der Waals surface area contributed by atoms with Crippen molar-refractivity contribution in [3.8, 4) is 5.69 Å². The Kier molecular flexibility index (Phi) is 9.66. The number of hydrogen-bond acceptors (Lipinski definition) is 5. The number of carboxylic acids is 1. The van der Waals surface area contributed by atoms with Crippen LogP contribution in [0.1, 0.15) is 59.9 Å². The van der Waals surface area contributed by atoms with Crippen LogP contribution in [0.25, 0.3) is 11.8 Å². The summed E-state index contributed by atoms with van der Waals surface area (Å²) in [6.07, 6.45) is -0.464. The fourth-order valence-corrected chi connectivity index (χ4v) is 4.13. The molecule has 2 aromatic carbocycles. The van der Waals surface area contributed by atoms with Crippen molar-refractivity contribution >= 4 is 18.0 Å². The SMILES string of the molecule is CC(C)c1c(C(=O)N(C)Cc2c(F)cccc2F)nn(-c2ccc(F)cc2)c1/C=C/[C@@H](O)C[C@@H](O)CC(=O)O. The smallest absolute Gasteiger partial charge is 0.305 e. The number of aliphatic hydroxyl groups excluding tert-OH is 2. The Balaban J connectivity index is 2.05. The number of aromatic nitrogens is 2. The van der Waals surface area contributed by atoms with E-state index in [0.29, 0.717) is 16.9 Å². The Morgan fingerprint density at radius 1 is 1.05 bits per heavy atom. The molecule has 8 nitrogen and oxygen atoms in total. The van der Waals surface area contributed by atoms with Crippen molar-refractivity contribution in [3.63, 3.8) is 0 Å². The van der Waals surface area contributed by atoms with Crippen LogP contribution in [0.2, 0.25) is 0 Å². The van der Waals surface area contributed by atoms with Gasteiger partial charge in [0.1, 0.15) is 17.5 Å². The van der Waals surface area contributed by atoms with Gasteiger partial charge in [-0.05, 0) is 48.4 Å². The molecule has 0 aliphatic heterocycles. The predicted molar refractivity (Wildman–Crippen MR) is 138 cm³/mol. The quantitative estimate of drug-likeness (QED) is 0.331. The molecule has 0 bridgehead atoms. The molecule has 0 unspecified atom stereocenters. The van der Waals surface area contributed by atoms with Gasteiger partial charge in [0.05, 0.1) is 36.6 Å². The maximum atomic E-state index is 14.2. The molecule has 0 spiro atoms. The summed E-state index contributed by atoms with van der Waals surface area (Å²) in [5, 5.41) is 33.5. The van der Waals surface area contributed by atoms with Gasteiger partial charge in [0.2, 0.25) is 0 Å². The van der Waals surface area contributed by atoms with Gasteiger partial charge in [0.25, 0.3) is 5.91 Å². The van der Waals surface area contributed by atoms with E-state index in [-0.39, 0.29) is 30.1 Å². The van der Waals surface area contributed by atoms with E-state index in [1.807, 2.05) is 13.8 Å². The van der Waals surface area contributed by atoms with Crippen molar-refractivity contribution in [3.05, 3.63) is 88.5 Å². The zero-order valence-corrected chi connectivity index (χ0v) is 21.7. The Bertz CT molecular complexity index is 1330. The van der Waals surface area contributed by atoms with Crippen LogP contribution in [0.15, 0.2) is 48.5 Å². The van der Waals surface area contributed by atoms with Crippen LogP contribution in [0.5, 0.6) is 0 Å². The van der Waals surface area contributed by atoms with Crippen LogP contribution in [0.3, 0.4) is 0 Å². The lowest BCUT2D eigenvalue weighted by molar-refractivity contribution is -0.139. The predicted octanol–water partition coefficient (Wildman–Crippen LogP) is 4.29. The number of aliphatic hydroxyl groups is 2. The first-order valence-corrected chi connectivity index (χ1v) is 12.2. The molecule has 2 atom stereocenters. The zero-order chi connectivity index (χ0) is 28.9. The van der Waals surface area contributed by atoms with Gasteiger partial charge < -0.3 is 20.2 Å². The topological polar surface area (TPSA) is 116 Å². The van der Waals surface area contributed by atoms with Gasteiger partial charge in [-0.25, -0.2) is 17.9 Å². The van der Waals surface area contributed by atoms with Crippen molar-refractivity contribution in [1.29, 1.82) is 0 Å². The molecule has 1 aromatic heterocycles. The summed E-state index contributed by atoms with van der Waals surface area (Å²) >= 11 is 0. The van der Waals surface area contributed by atoms with E-state index < -0.39 is 48.0 Å². The van der Waals surface area contributed by atoms with E-state index in [2.05, 4.69) is 5.10 Å². The van der Waals surface area contributed by atoms with Crippen molar-refractivity contribution in [2.75, 3.05) is 7.05 Å². The summed E-state index contributed by atoms with van der Waals surface area (Å²) < 4.78 is 43.5. The first kappa shape index (κ1) is 29.6. The maximum Gasteiger partial charge on any atom is 0.305 e. The lowest BCUT2D eigenvalue weighted by Crippen LogP contribution is -2.28. The number of aliphatic carboxylic acids is 1. The minimum absolute atomic E-state index is 0.00590. The molecule has 0 aliphatic rings. The summed E-state index contributed by atoms with van der Waals surface area (Å²) in [7, 11) is 1.39. The van der Waals surface area contributed by atoms with Crippen molar-refractivity contribution in [2.24, 2.45) is 0 Å². The summed E-state index contributed by atoms with van der Waals surface area (Å²) in [4.78, 5) is 25.5. The second-order valence-electron chi connectivity index (χ2n) is 9.47. The second-order valence-corrected chi connectivity index (χ2v) is 9.47. The summed E-state index contributed by atoms with van der Waals surface area (Å²) in [6, 6.07) is 8.75. The van der Waals surface area contributed by atoms with Crippen LogP contribution in [0, 0.1) is 17.5 Å². The van der Waals surface area contributed by atoms with Gasteiger partial charge in [0, 0.05) is 24.6 Å². The average Bonchev–Trinajstić information content (AvgIpc) is 3.24. The highest BCUT2D eigenvalue weighted by Crippen LogP contribution is 2.29. The van der Waals surface area contributed by atoms with E-state index >= 15 is 0 Å². The van der Waals surface area contributed by atoms with E-state index in [4.69, 9.17) is 5.11 Å². The standard InChI is InChI=1S/C28H30F3N3O5/c1-16(2)26-24(12-11-19(35)13-20(36)14-25(37)38)34(18-9-7-17(29)8-10-18)32-27(26)28(39)33(3)15-21-22(30)5-4-6-23(21)31/h4-12,16,19-20,35-36H,13-15H2,1-3H3,(H,37,38)/b12-11+/t19-,20-/m1/s1. The number of carbonyl (C=O) groups is 2. The molecule has 3 N–H and O–H groups in total. The number of hydrogen-bond donors (Lipinski definition) is 3. The summed E-state index contributed by atoms with van der Waals surface area (Å²) in [6.45, 7) is 3.26. The third kappa shape index (κ3) is 7.33. The van der Waals surface area contributed by atoms with E-state index in [9.17, 15) is 33.0 Å². The maximum absolute atomic E-state index is 14.2. The van der Waals surface area contributed by atoms with Crippen LogP contribution in [0.4, 0.5) is 13.2 Å². The Labute approximate surface area is 223 Å². The van der Waals surface area contributed by atoms with Gasteiger partial charge in [0.15, 0.2) is 5.69 Å². The molecular weight excluding hydrogens is 515 g/mol. The molecule has 3 aromatic rings. The van der Waals surface area contributed by atoms with Gasteiger partial charge in [-0.15, -0.1) is 0 Å². The number of nitrogens with zero attached hydrogens (tertiary/aromatic N) is 3. The van der Waals surface area contributed by atoms with Crippen molar-refractivity contribution < 1.29 is 38.1 Å². The lowest BCUT2D eigenvalue weighted by atomic mass is 9.98. The third-order valence-electron chi connectivity index (χ3n) is 6.01. The van der Waals surface area contributed by atoms with Crippen LogP contribution in [-0.2, 0) is 11.3 Å². The number of carboxylic acid groups (broad SMARTS) is 1. The molecule has 3 rings (SSSR count). The van der Waals surface area contributed by atoms with Gasteiger partial charge in [-0.1, -0.05) is 26.0 Å². The zero-order valence-electron chi connectivity index (χ0n) is 21.7. The fourth-order valence-electron chi connectivity index (χ4n) is 4.13. The molecule has 0 saturated carbocycles. The number of carbonyl (C=O) groups excluding carboxylic acids is 1. The van der Waals surface area contributed by atoms with Crippen molar-refractivity contribution in [1.82, 2.24) is 14.7 Å². The Hall–Kier alpha value is -3.96. The van der Waals surface area contributed by atoms with Crippen LogP contribution >= 0.6 is 0 Å². The third-order valence-corrected chi connectivity index (χ3v) is 6.01. The summed E-state index contributed by atoms with van der Waals surface area (Å²) in [5.74, 6) is -4.19. The number of halogens is 3. The van der Waals surface area contributed by atoms with Crippen molar-refractivity contribution in [2.45, 2.75) is 51.4 Å². The highest BCUT2D eigenvalue weighted by atomic mass is 19.1. The Morgan fingerprint density at radius 3 is 2.23 bits per heavy atom. The monoisotopic (exact) mass is 545 g/mol. The molecule has 0 radical (unpaired) electrons. The van der Waals surface area contributed by atoms with Crippen LogP contribution < -0.4 is 0 Å². The number of benzene rings is 2. The molecule has 11 heteroatoms. The minimum atomic E-state index is -1.28. The first-order chi connectivity index (χ1) is 18.4. The van der Waals surface area contributed by atoms with Gasteiger partial charge >= 0.3 is 5.97 Å². The second kappa shape index (κ2) is 12.7. The molecular formula is C28H30F3N3O5. The van der Waals surface area contributed by atoms with Gasteiger partial charge in [-0.3, -0.25) is 9.59 Å². The molecule has 0 aliphatic carbocycles. The molecule has 1 heterocycles.